The van der Waals surface area contributed by atoms with E-state index >= 15 is 0 Å². The van der Waals surface area contributed by atoms with Crippen LogP contribution < -0.4 is 21.7 Å². The first-order valence-corrected chi connectivity index (χ1v) is 14.5. The van der Waals surface area contributed by atoms with Gasteiger partial charge in [0.25, 0.3) is 0 Å². The Labute approximate surface area is 224 Å². The molecule has 0 radical (unpaired) electrons. The third kappa shape index (κ3) is 9.26. The number of amides is 3. The van der Waals surface area contributed by atoms with Crippen molar-refractivity contribution in [3.05, 3.63) is 36.0 Å². The molecule has 0 aliphatic heterocycles. The minimum atomic E-state index is -1.31. The predicted octanol–water partition coefficient (Wildman–Crippen LogP) is 0.0752. The van der Waals surface area contributed by atoms with Crippen molar-refractivity contribution >= 4 is 58.1 Å². The van der Waals surface area contributed by atoms with Crippen molar-refractivity contribution in [1.29, 1.82) is 0 Å². The van der Waals surface area contributed by atoms with E-state index in [9.17, 15) is 29.4 Å². The summed E-state index contributed by atoms with van der Waals surface area (Å²) >= 11 is 2.98. The van der Waals surface area contributed by atoms with Crippen LogP contribution >= 0.6 is 23.5 Å². The van der Waals surface area contributed by atoms with Gasteiger partial charge in [-0.15, -0.1) is 0 Å². The number of hydrogen-bond acceptors (Lipinski definition) is 8. The fraction of sp³-hybridized carbons (Fsp3) is 0.500. The molecule has 2 rings (SSSR count). The van der Waals surface area contributed by atoms with Crippen molar-refractivity contribution in [2.75, 3.05) is 30.6 Å². The standard InChI is InChI=1S/C24H35N5O6S2/c1-36-9-7-16(25)21(31)29-20(13-30)23(33)27-18(8-10-37-2)22(32)28-19(24(34)35)11-14-12-26-17-6-4-3-5-15(14)17/h3-6,12,16,18-20,26,30H,7-11,13,25H2,1-2H3,(H,27,33)(H,28,32)(H,29,31)(H,34,35). The maximum absolute atomic E-state index is 13.1. The number of carbonyl (C=O) groups excluding carboxylic acids is 3. The summed E-state index contributed by atoms with van der Waals surface area (Å²) in [6.45, 7) is -0.692. The fourth-order valence-electron chi connectivity index (χ4n) is 3.62. The number of aromatic nitrogens is 1. The lowest BCUT2D eigenvalue weighted by atomic mass is 10.0. The Hall–Kier alpha value is -2.74. The van der Waals surface area contributed by atoms with Crippen LogP contribution in [-0.2, 0) is 25.6 Å². The molecule has 0 saturated carbocycles. The van der Waals surface area contributed by atoms with Crippen LogP contribution in [-0.4, -0.2) is 93.7 Å². The van der Waals surface area contributed by atoms with Crippen molar-refractivity contribution in [3.63, 3.8) is 0 Å². The average Bonchev–Trinajstić information content (AvgIpc) is 3.29. The summed E-state index contributed by atoms with van der Waals surface area (Å²) in [5.41, 5.74) is 7.41. The smallest absolute Gasteiger partial charge is 0.326 e. The second-order valence-electron chi connectivity index (χ2n) is 8.44. The number of aliphatic hydroxyl groups is 1. The summed E-state index contributed by atoms with van der Waals surface area (Å²) in [5.74, 6) is -2.07. The van der Waals surface area contributed by atoms with E-state index in [1.54, 1.807) is 6.20 Å². The Morgan fingerprint density at radius 3 is 2.16 bits per heavy atom. The van der Waals surface area contributed by atoms with E-state index in [0.29, 0.717) is 17.9 Å². The van der Waals surface area contributed by atoms with Gasteiger partial charge in [0, 0.05) is 23.5 Å². The van der Waals surface area contributed by atoms with Crippen LogP contribution in [0.15, 0.2) is 30.5 Å². The number of aliphatic hydroxyl groups excluding tert-OH is 1. The van der Waals surface area contributed by atoms with Crippen molar-refractivity contribution in [3.8, 4) is 0 Å². The number of aliphatic carboxylic acids is 1. The normalized spacial score (nSPS) is 14.4. The number of carbonyl (C=O) groups is 4. The van der Waals surface area contributed by atoms with Gasteiger partial charge in [0.2, 0.25) is 17.7 Å². The Morgan fingerprint density at radius 2 is 1.51 bits per heavy atom. The maximum Gasteiger partial charge on any atom is 0.326 e. The molecular formula is C24H35N5O6S2. The van der Waals surface area contributed by atoms with E-state index in [2.05, 4.69) is 20.9 Å². The molecule has 1 aromatic carbocycles. The largest absolute Gasteiger partial charge is 0.480 e. The molecule has 11 nitrogen and oxygen atoms in total. The summed E-state index contributed by atoms with van der Waals surface area (Å²) in [7, 11) is 0. The van der Waals surface area contributed by atoms with Crippen LogP contribution in [0.1, 0.15) is 18.4 Å². The van der Waals surface area contributed by atoms with Gasteiger partial charge in [-0.1, -0.05) is 18.2 Å². The highest BCUT2D eigenvalue weighted by atomic mass is 32.2. The molecule has 0 aliphatic carbocycles. The van der Waals surface area contributed by atoms with Crippen LogP contribution in [0, 0.1) is 0 Å². The van der Waals surface area contributed by atoms with E-state index in [1.807, 2.05) is 36.8 Å². The highest BCUT2D eigenvalue weighted by Crippen LogP contribution is 2.19. The van der Waals surface area contributed by atoms with Gasteiger partial charge >= 0.3 is 5.97 Å². The van der Waals surface area contributed by atoms with Crippen LogP contribution in [0.2, 0.25) is 0 Å². The Morgan fingerprint density at radius 1 is 0.919 bits per heavy atom. The van der Waals surface area contributed by atoms with E-state index in [0.717, 1.165) is 16.5 Å². The van der Waals surface area contributed by atoms with Gasteiger partial charge in [-0.2, -0.15) is 23.5 Å². The number of thioether (sulfide) groups is 2. The average molecular weight is 554 g/mol. The zero-order valence-corrected chi connectivity index (χ0v) is 22.5. The number of carboxylic acid groups (broad SMARTS) is 1. The van der Waals surface area contributed by atoms with Crippen molar-refractivity contribution in [1.82, 2.24) is 20.9 Å². The molecule has 0 saturated heterocycles. The lowest BCUT2D eigenvalue weighted by Gasteiger charge is -2.24. The van der Waals surface area contributed by atoms with Crippen LogP contribution in [0.25, 0.3) is 10.9 Å². The minimum Gasteiger partial charge on any atom is -0.480 e. The van der Waals surface area contributed by atoms with Gasteiger partial charge in [-0.3, -0.25) is 14.4 Å². The molecule has 8 N–H and O–H groups in total. The monoisotopic (exact) mass is 553 g/mol. The third-order valence-corrected chi connectivity index (χ3v) is 7.03. The number of H-pyrrole nitrogens is 1. The molecule has 3 amide bonds. The topological polar surface area (TPSA) is 187 Å². The summed E-state index contributed by atoms with van der Waals surface area (Å²) in [4.78, 5) is 53.2. The van der Waals surface area contributed by atoms with Gasteiger partial charge < -0.3 is 36.9 Å². The molecule has 13 heteroatoms. The molecule has 1 aromatic heterocycles. The molecule has 0 spiro atoms. The summed E-state index contributed by atoms with van der Waals surface area (Å²) in [6.07, 6.45) is 6.08. The van der Waals surface area contributed by atoms with Crippen LogP contribution in [0.3, 0.4) is 0 Å². The first-order chi connectivity index (χ1) is 17.7. The molecule has 4 atom stereocenters. The number of carboxylic acids is 1. The summed E-state index contributed by atoms with van der Waals surface area (Å²) in [6, 6.07) is 2.98. The Kier molecular flexibility index (Phi) is 12.8. The number of aromatic amines is 1. The van der Waals surface area contributed by atoms with Crippen molar-refractivity contribution in [2.24, 2.45) is 5.73 Å². The SMILES string of the molecule is CSCCC(N)C(=O)NC(CO)C(=O)NC(CCSC)C(=O)NC(Cc1c[nH]c2ccccc12)C(=O)O. The van der Waals surface area contributed by atoms with Gasteiger partial charge in [-0.05, 0) is 48.5 Å². The summed E-state index contributed by atoms with van der Waals surface area (Å²) in [5, 5.41) is 27.8. The number of para-hydroxylation sites is 1. The van der Waals surface area contributed by atoms with E-state index in [1.165, 1.54) is 23.5 Å². The highest BCUT2D eigenvalue weighted by molar-refractivity contribution is 7.98. The fourth-order valence-corrected chi connectivity index (χ4v) is 4.58. The quantitative estimate of drug-likeness (QED) is 0.151. The molecule has 204 valence electrons. The first kappa shape index (κ1) is 30.5. The number of hydrogen-bond donors (Lipinski definition) is 7. The summed E-state index contributed by atoms with van der Waals surface area (Å²) < 4.78 is 0. The highest BCUT2D eigenvalue weighted by Gasteiger charge is 2.30. The number of benzene rings is 1. The van der Waals surface area contributed by atoms with Gasteiger partial charge in [0.15, 0.2) is 0 Å². The van der Waals surface area contributed by atoms with E-state index < -0.39 is 54.5 Å². The molecule has 0 aliphatic rings. The number of nitrogens with one attached hydrogen (secondary N) is 4. The number of nitrogens with two attached hydrogens (primary N) is 1. The van der Waals surface area contributed by atoms with Crippen LogP contribution in [0.4, 0.5) is 0 Å². The molecule has 1 heterocycles. The number of fused-ring (bicyclic) bond motifs is 1. The van der Waals surface area contributed by atoms with E-state index in [-0.39, 0.29) is 12.8 Å². The molecule has 0 bridgehead atoms. The molecule has 2 aromatic rings. The van der Waals surface area contributed by atoms with Crippen molar-refractivity contribution in [2.45, 2.75) is 43.4 Å². The Bertz CT molecular complexity index is 1070. The van der Waals surface area contributed by atoms with Gasteiger partial charge in [0.05, 0.1) is 12.6 Å². The third-order valence-electron chi connectivity index (χ3n) is 5.74. The first-order valence-electron chi connectivity index (χ1n) is 11.7. The molecule has 0 fully saturated rings. The predicted molar refractivity (Wildman–Crippen MR) is 146 cm³/mol. The zero-order valence-electron chi connectivity index (χ0n) is 20.9. The zero-order chi connectivity index (χ0) is 27.4. The van der Waals surface area contributed by atoms with E-state index in [4.69, 9.17) is 5.73 Å². The molecule has 37 heavy (non-hydrogen) atoms. The lowest BCUT2D eigenvalue weighted by molar-refractivity contribution is -0.142. The maximum atomic E-state index is 13.1. The van der Waals surface area contributed by atoms with Crippen molar-refractivity contribution < 1.29 is 29.4 Å². The van der Waals surface area contributed by atoms with Crippen LogP contribution in [0.5, 0.6) is 0 Å². The van der Waals surface area contributed by atoms with Gasteiger partial charge in [0.1, 0.15) is 18.1 Å². The second-order valence-corrected chi connectivity index (χ2v) is 10.4. The number of rotatable bonds is 16. The van der Waals surface area contributed by atoms with Gasteiger partial charge in [-0.25, -0.2) is 4.79 Å². The molecule has 4 unspecified atom stereocenters. The lowest BCUT2D eigenvalue weighted by Crippen LogP contribution is -2.58. The molecular weight excluding hydrogens is 518 g/mol. The minimum absolute atomic E-state index is 0.0392. The second kappa shape index (κ2) is 15.5. The Balaban J connectivity index is 2.09.